The number of imidazole rings is 1. The summed E-state index contributed by atoms with van der Waals surface area (Å²) in [5.41, 5.74) is 3.45. The fourth-order valence-corrected chi connectivity index (χ4v) is 5.14. The highest BCUT2D eigenvalue weighted by molar-refractivity contribution is 7.17. The number of hydrogen-bond donors (Lipinski definition) is 1. The molecule has 0 radical (unpaired) electrons. The average Bonchev–Trinajstić information content (AvgIpc) is 3.32. The Hall–Kier alpha value is -3.51. The number of amides is 1. The van der Waals surface area contributed by atoms with Crippen molar-refractivity contribution in [3.05, 3.63) is 94.9 Å². The predicted octanol–water partition coefficient (Wildman–Crippen LogP) is 5.39. The number of benzene rings is 2. The van der Waals surface area contributed by atoms with Crippen molar-refractivity contribution in [2.75, 3.05) is 36.0 Å². The zero-order valence-electron chi connectivity index (χ0n) is 21.6. The zero-order valence-corrected chi connectivity index (χ0v) is 22.8. The van der Waals surface area contributed by atoms with Gasteiger partial charge in [-0.25, -0.2) is 4.98 Å². The van der Waals surface area contributed by atoms with E-state index in [9.17, 15) is 13.6 Å². The van der Waals surface area contributed by atoms with Crippen molar-refractivity contribution < 1.29 is 13.6 Å². The van der Waals surface area contributed by atoms with Crippen LogP contribution < -0.4 is 15.1 Å². The van der Waals surface area contributed by atoms with Gasteiger partial charge in [-0.2, -0.15) is 8.78 Å². The third-order valence-electron chi connectivity index (χ3n) is 7.12. The van der Waals surface area contributed by atoms with Gasteiger partial charge >= 0.3 is 0 Å². The molecule has 0 bridgehead atoms. The van der Waals surface area contributed by atoms with E-state index in [1.165, 1.54) is 12.1 Å². The number of aryl methyl sites for hydroxylation is 2. The molecule has 0 aliphatic carbocycles. The van der Waals surface area contributed by atoms with Crippen LogP contribution in [0.5, 0.6) is 0 Å². The van der Waals surface area contributed by atoms with Crippen LogP contribution in [-0.2, 0) is 18.6 Å². The molecule has 5 rings (SSSR count). The minimum atomic E-state index is -2.91. The van der Waals surface area contributed by atoms with E-state index in [0.717, 1.165) is 60.0 Å². The van der Waals surface area contributed by atoms with Gasteiger partial charge in [0.1, 0.15) is 11.3 Å². The fraction of sp³-hybridized carbons (Fsp3) is 0.310. The SMILES string of the molecule is CCc1nc2c(C)cccn2c1C(=O)NCc1ccc(N2CCN(c3ccc(C(F)(F)P)cc3)CC2)cc1. The van der Waals surface area contributed by atoms with Crippen LogP contribution in [0, 0.1) is 6.92 Å². The van der Waals surface area contributed by atoms with Crippen molar-refractivity contribution in [2.45, 2.75) is 32.5 Å². The van der Waals surface area contributed by atoms with E-state index in [0.29, 0.717) is 18.7 Å². The Labute approximate surface area is 223 Å². The van der Waals surface area contributed by atoms with Crippen LogP contribution >= 0.6 is 9.24 Å². The standard InChI is InChI=1S/C29H32F2N5OP/c1-3-25-26(36-14-4-5-20(2)27(36)33-25)28(37)32-19-21-6-10-23(11-7-21)34-15-17-35(18-16-34)24-12-8-22(9-13-24)29(30,31)38/h4-14H,3,15-19,38H2,1-2H3,(H,32,37). The second-order valence-electron chi connectivity index (χ2n) is 9.64. The van der Waals surface area contributed by atoms with E-state index >= 15 is 0 Å². The van der Waals surface area contributed by atoms with Gasteiger partial charge in [0.2, 0.25) is 0 Å². The molecule has 9 heteroatoms. The maximum atomic E-state index is 13.5. The number of halogens is 2. The highest BCUT2D eigenvalue weighted by atomic mass is 31.0. The van der Waals surface area contributed by atoms with E-state index in [4.69, 9.17) is 0 Å². The van der Waals surface area contributed by atoms with Crippen molar-refractivity contribution >= 4 is 32.2 Å². The minimum absolute atomic E-state index is 0.000560. The van der Waals surface area contributed by atoms with Gasteiger partial charge in [0.25, 0.3) is 11.6 Å². The first-order chi connectivity index (χ1) is 18.2. The molecule has 0 saturated carbocycles. The Kier molecular flexibility index (Phi) is 7.35. The van der Waals surface area contributed by atoms with Gasteiger partial charge < -0.3 is 15.1 Å². The Morgan fingerprint density at radius 2 is 1.55 bits per heavy atom. The second-order valence-corrected chi connectivity index (χ2v) is 10.4. The molecule has 6 nitrogen and oxygen atoms in total. The van der Waals surface area contributed by atoms with Gasteiger partial charge in [-0.15, -0.1) is 0 Å². The lowest BCUT2D eigenvalue weighted by atomic mass is 10.1. The van der Waals surface area contributed by atoms with Crippen LogP contribution in [0.25, 0.3) is 5.65 Å². The lowest BCUT2D eigenvalue weighted by Gasteiger charge is -2.37. The summed E-state index contributed by atoms with van der Waals surface area (Å²) >= 11 is 0. The molecule has 1 aliphatic rings. The van der Waals surface area contributed by atoms with Crippen LogP contribution in [0.3, 0.4) is 0 Å². The summed E-state index contributed by atoms with van der Waals surface area (Å²) in [5.74, 6) is -0.130. The quantitative estimate of drug-likeness (QED) is 0.323. The summed E-state index contributed by atoms with van der Waals surface area (Å²) in [6, 6.07) is 18.7. The molecular weight excluding hydrogens is 503 g/mol. The van der Waals surface area contributed by atoms with Crippen LogP contribution in [0.2, 0.25) is 0 Å². The molecule has 1 atom stereocenters. The van der Waals surface area contributed by atoms with E-state index in [1.54, 1.807) is 21.4 Å². The van der Waals surface area contributed by atoms with Crippen LogP contribution in [0.4, 0.5) is 20.2 Å². The van der Waals surface area contributed by atoms with Gasteiger partial charge in [0.05, 0.1) is 5.69 Å². The molecule has 2 aromatic heterocycles. The molecule has 4 aromatic rings. The molecule has 0 spiro atoms. The Bertz CT molecular complexity index is 1420. The molecule has 1 unspecified atom stereocenters. The van der Waals surface area contributed by atoms with Crippen molar-refractivity contribution in [2.24, 2.45) is 0 Å². The Balaban J connectivity index is 1.18. The summed E-state index contributed by atoms with van der Waals surface area (Å²) in [6.07, 6.45) is 2.57. The fourth-order valence-electron chi connectivity index (χ4n) is 4.95. The third-order valence-corrected chi connectivity index (χ3v) is 7.45. The topological polar surface area (TPSA) is 52.9 Å². The van der Waals surface area contributed by atoms with E-state index < -0.39 is 5.66 Å². The number of fused-ring (bicyclic) bond motifs is 1. The molecule has 1 saturated heterocycles. The maximum absolute atomic E-state index is 13.5. The number of pyridine rings is 1. The number of nitrogens with zero attached hydrogens (tertiary/aromatic N) is 4. The van der Waals surface area contributed by atoms with Crippen molar-refractivity contribution in [3.63, 3.8) is 0 Å². The number of piperazine rings is 1. The highest BCUT2D eigenvalue weighted by Crippen LogP contribution is 2.35. The number of carbonyl (C=O) groups excluding carboxylic acids is 1. The zero-order chi connectivity index (χ0) is 26.9. The van der Waals surface area contributed by atoms with Crippen LogP contribution in [0.1, 0.15) is 39.8 Å². The molecule has 198 valence electrons. The summed E-state index contributed by atoms with van der Waals surface area (Å²) in [5, 5.41) is 3.06. The molecule has 2 aromatic carbocycles. The monoisotopic (exact) mass is 535 g/mol. The van der Waals surface area contributed by atoms with Gasteiger partial charge in [0.15, 0.2) is 0 Å². The third kappa shape index (κ3) is 5.37. The summed E-state index contributed by atoms with van der Waals surface area (Å²) in [6.45, 7) is 7.74. The number of aromatic nitrogens is 2. The van der Waals surface area contributed by atoms with Gasteiger partial charge in [-0.3, -0.25) is 9.20 Å². The first-order valence-corrected chi connectivity index (χ1v) is 13.4. The van der Waals surface area contributed by atoms with Crippen molar-refractivity contribution in [3.8, 4) is 0 Å². The van der Waals surface area contributed by atoms with Crippen LogP contribution in [0.15, 0.2) is 66.9 Å². The van der Waals surface area contributed by atoms with Crippen molar-refractivity contribution in [1.82, 2.24) is 14.7 Å². The molecule has 3 heterocycles. The minimum Gasteiger partial charge on any atom is -0.368 e. The number of hydrogen-bond acceptors (Lipinski definition) is 4. The first-order valence-electron chi connectivity index (χ1n) is 12.9. The summed E-state index contributed by atoms with van der Waals surface area (Å²) in [4.78, 5) is 22.3. The number of anilines is 2. The number of carbonyl (C=O) groups is 1. The largest absolute Gasteiger partial charge is 0.368 e. The van der Waals surface area contributed by atoms with Crippen LogP contribution in [-0.4, -0.2) is 41.5 Å². The van der Waals surface area contributed by atoms with E-state index in [2.05, 4.69) is 32.2 Å². The number of rotatable bonds is 7. The van der Waals surface area contributed by atoms with E-state index in [1.807, 2.05) is 48.7 Å². The van der Waals surface area contributed by atoms with Gasteiger partial charge in [-0.05, 0) is 54.8 Å². The van der Waals surface area contributed by atoms with Gasteiger partial charge in [0, 0.05) is 55.9 Å². The molecule has 1 amide bonds. The summed E-state index contributed by atoms with van der Waals surface area (Å²) in [7, 11) is 1.58. The molecular formula is C29H32F2N5OP. The molecule has 1 fully saturated rings. The Morgan fingerprint density at radius 3 is 2.11 bits per heavy atom. The molecule has 38 heavy (non-hydrogen) atoms. The smallest absolute Gasteiger partial charge is 0.283 e. The maximum Gasteiger partial charge on any atom is 0.283 e. The predicted molar refractivity (Wildman–Crippen MR) is 151 cm³/mol. The second kappa shape index (κ2) is 10.7. The lowest BCUT2D eigenvalue weighted by molar-refractivity contribution is 0.0943. The van der Waals surface area contributed by atoms with Gasteiger partial charge in [-0.1, -0.05) is 46.5 Å². The van der Waals surface area contributed by atoms with E-state index in [-0.39, 0.29) is 11.5 Å². The first kappa shape index (κ1) is 26.1. The Morgan fingerprint density at radius 1 is 0.974 bits per heavy atom. The lowest BCUT2D eigenvalue weighted by Crippen LogP contribution is -2.46. The highest BCUT2D eigenvalue weighted by Gasteiger charge is 2.25. The summed E-state index contributed by atoms with van der Waals surface area (Å²) < 4.78 is 28.8. The van der Waals surface area contributed by atoms with Crippen molar-refractivity contribution in [1.29, 1.82) is 0 Å². The molecule has 1 N–H and O–H groups in total. The molecule has 1 aliphatic heterocycles. The normalized spacial score (nSPS) is 14.2. The number of alkyl halides is 2. The number of nitrogens with one attached hydrogen (secondary N) is 1. The average molecular weight is 536 g/mol.